The normalized spacial score (nSPS) is 15.1. The first-order valence-electron chi connectivity index (χ1n) is 10.8. The fourth-order valence-corrected chi connectivity index (χ4v) is 5.18. The number of amides is 2. The van der Waals surface area contributed by atoms with E-state index in [-0.39, 0.29) is 17.0 Å². The second-order valence-corrected chi connectivity index (χ2v) is 9.39. The predicted molar refractivity (Wildman–Crippen MR) is 137 cm³/mol. The van der Waals surface area contributed by atoms with Crippen LogP contribution in [0.4, 0.5) is 14.9 Å². The lowest BCUT2D eigenvalue weighted by Gasteiger charge is -2.12. The maximum absolute atomic E-state index is 14.4. The number of nitrogens with zero attached hydrogens (tertiary/aromatic N) is 2. The summed E-state index contributed by atoms with van der Waals surface area (Å²) in [4.78, 5) is 27.3. The molecular weight excluding hydrogens is 471 g/mol. The SMILES string of the molecule is CCc1cccc2c(/C=C3\SC(=O)N(c4ccc(Cl)cc4)C3=O)cn(Cc3ccccc3F)c12. The van der Waals surface area contributed by atoms with Crippen LogP contribution < -0.4 is 4.90 Å². The average Bonchev–Trinajstić information content (AvgIpc) is 3.32. The first-order chi connectivity index (χ1) is 16.5. The molecular formula is C27H20ClFN2O2S. The van der Waals surface area contributed by atoms with Crippen LogP contribution >= 0.6 is 23.4 Å². The molecule has 3 aromatic carbocycles. The van der Waals surface area contributed by atoms with E-state index in [0.717, 1.165) is 45.1 Å². The summed E-state index contributed by atoms with van der Waals surface area (Å²) in [6.07, 6.45) is 4.48. The number of carbonyl (C=O) groups excluding carboxylic acids is 2. The highest BCUT2D eigenvalue weighted by Gasteiger charge is 2.36. The van der Waals surface area contributed by atoms with Crippen molar-refractivity contribution in [2.24, 2.45) is 0 Å². The molecule has 0 N–H and O–H groups in total. The number of aromatic nitrogens is 1. The Morgan fingerprint density at radius 3 is 2.44 bits per heavy atom. The van der Waals surface area contributed by atoms with E-state index >= 15 is 0 Å². The van der Waals surface area contributed by atoms with Crippen LogP contribution in [-0.2, 0) is 17.8 Å². The summed E-state index contributed by atoms with van der Waals surface area (Å²) in [7, 11) is 0. The minimum atomic E-state index is -0.376. The minimum Gasteiger partial charge on any atom is -0.342 e. The molecule has 4 nitrogen and oxygen atoms in total. The average molecular weight is 491 g/mol. The van der Waals surface area contributed by atoms with Gasteiger partial charge in [0.2, 0.25) is 0 Å². The van der Waals surface area contributed by atoms with Gasteiger partial charge in [0.25, 0.3) is 11.1 Å². The fourth-order valence-electron chi connectivity index (χ4n) is 4.22. The van der Waals surface area contributed by atoms with Gasteiger partial charge in [-0.3, -0.25) is 9.59 Å². The van der Waals surface area contributed by atoms with Gasteiger partial charge in [0.05, 0.1) is 22.7 Å². The molecule has 1 aromatic heterocycles. The molecule has 0 aliphatic carbocycles. The zero-order valence-electron chi connectivity index (χ0n) is 18.3. The van der Waals surface area contributed by atoms with Crippen LogP contribution in [0, 0.1) is 5.82 Å². The quantitative estimate of drug-likeness (QED) is 0.276. The summed E-state index contributed by atoms with van der Waals surface area (Å²) in [6.45, 7) is 2.44. The zero-order chi connectivity index (χ0) is 23.8. The lowest BCUT2D eigenvalue weighted by molar-refractivity contribution is -0.113. The maximum Gasteiger partial charge on any atom is 0.298 e. The number of fused-ring (bicyclic) bond motifs is 1. The highest BCUT2D eigenvalue weighted by molar-refractivity contribution is 8.19. The molecule has 4 aromatic rings. The number of carbonyl (C=O) groups is 2. The van der Waals surface area contributed by atoms with E-state index in [0.29, 0.717) is 27.7 Å². The highest BCUT2D eigenvalue weighted by Crippen LogP contribution is 2.37. The third-order valence-electron chi connectivity index (χ3n) is 5.86. The number of imide groups is 1. The van der Waals surface area contributed by atoms with Crippen LogP contribution in [0.5, 0.6) is 0 Å². The van der Waals surface area contributed by atoms with Gasteiger partial charge in [-0.25, -0.2) is 9.29 Å². The van der Waals surface area contributed by atoms with Crippen LogP contribution in [0.3, 0.4) is 0 Å². The van der Waals surface area contributed by atoms with Gasteiger partial charge in [-0.1, -0.05) is 54.9 Å². The van der Waals surface area contributed by atoms with Gasteiger partial charge in [0.1, 0.15) is 5.82 Å². The summed E-state index contributed by atoms with van der Waals surface area (Å²) in [5, 5.41) is 1.12. The van der Waals surface area contributed by atoms with Gasteiger partial charge in [-0.2, -0.15) is 0 Å². The molecule has 1 fully saturated rings. The topological polar surface area (TPSA) is 42.3 Å². The van der Waals surface area contributed by atoms with Gasteiger partial charge < -0.3 is 4.57 Å². The van der Waals surface area contributed by atoms with E-state index in [1.54, 1.807) is 42.5 Å². The molecule has 170 valence electrons. The molecule has 1 aliphatic rings. The third-order valence-corrected chi connectivity index (χ3v) is 6.98. The lowest BCUT2D eigenvalue weighted by atomic mass is 10.1. The standard InChI is InChI=1S/C27H20ClFN2O2S/c1-2-17-7-5-8-22-19(16-30(25(17)22)15-18-6-3-4-9-23(18)29)14-24-26(32)31(27(33)34-24)21-12-10-20(28)11-13-21/h3-14,16H,2,15H2,1H3/b24-14-. The van der Waals surface area contributed by atoms with Crippen molar-refractivity contribution < 1.29 is 14.0 Å². The molecule has 0 radical (unpaired) electrons. The van der Waals surface area contributed by atoms with Gasteiger partial charge in [0, 0.05) is 27.7 Å². The largest absolute Gasteiger partial charge is 0.342 e. The monoisotopic (exact) mass is 490 g/mol. The van der Waals surface area contributed by atoms with Crippen molar-refractivity contribution in [3.8, 4) is 0 Å². The van der Waals surface area contributed by atoms with Crippen LogP contribution in [0.1, 0.15) is 23.6 Å². The zero-order valence-corrected chi connectivity index (χ0v) is 19.9. The van der Waals surface area contributed by atoms with Crippen LogP contribution in [0.2, 0.25) is 5.02 Å². The number of anilines is 1. The van der Waals surface area contributed by atoms with Crippen molar-refractivity contribution in [2.75, 3.05) is 4.90 Å². The van der Waals surface area contributed by atoms with Gasteiger partial charge >= 0.3 is 0 Å². The Morgan fingerprint density at radius 2 is 1.71 bits per heavy atom. The minimum absolute atomic E-state index is 0.260. The fraction of sp³-hybridized carbons (Fsp3) is 0.111. The summed E-state index contributed by atoms with van der Waals surface area (Å²) in [6, 6.07) is 19.3. The Bertz CT molecular complexity index is 1460. The number of halogens is 2. The smallest absolute Gasteiger partial charge is 0.298 e. The van der Waals surface area contributed by atoms with Crippen molar-refractivity contribution in [1.82, 2.24) is 4.57 Å². The molecule has 0 spiro atoms. The number of aryl methyl sites for hydroxylation is 1. The molecule has 2 amide bonds. The number of benzene rings is 3. The lowest BCUT2D eigenvalue weighted by Crippen LogP contribution is -2.27. The molecule has 2 heterocycles. The highest BCUT2D eigenvalue weighted by atomic mass is 35.5. The number of para-hydroxylation sites is 1. The molecule has 0 bridgehead atoms. The Hall–Kier alpha value is -3.35. The van der Waals surface area contributed by atoms with E-state index in [2.05, 4.69) is 13.0 Å². The Balaban J connectivity index is 1.58. The summed E-state index contributed by atoms with van der Waals surface area (Å²) in [5.74, 6) is -0.636. The molecule has 34 heavy (non-hydrogen) atoms. The van der Waals surface area contributed by atoms with Crippen molar-refractivity contribution in [2.45, 2.75) is 19.9 Å². The second-order valence-electron chi connectivity index (χ2n) is 7.96. The van der Waals surface area contributed by atoms with Gasteiger partial charge in [-0.15, -0.1) is 0 Å². The Labute approximate surface area is 205 Å². The number of rotatable bonds is 5. The molecule has 1 aliphatic heterocycles. The third kappa shape index (κ3) is 4.04. The summed E-state index contributed by atoms with van der Waals surface area (Å²) < 4.78 is 16.4. The number of hydrogen-bond acceptors (Lipinski definition) is 3. The Morgan fingerprint density at radius 1 is 0.971 bits per heavy atom. The molecule has 0 saturated carbocycles. The second kappa shape index (κ2) is 9.12. The first-order valence-corrected chi connectivity index (χ1v) is 12.0. The summed E-state index contributed by atoms with van der Waals surface area (Å²) in [5.41, 5.74) is 3.99. The van der Waals surface area contributed by atoms with E-state index in [9.17, 15) is 14.0 Å². The predicted octanol–water partition coefficient (Wildman–Crippen LogP) is 7.29. The van der Waals surface area contributed by atoms with E-state index < -0.39 is 0 Å². The van der Waals surface area contributed by atoms with Crippen molar-refractivity contribution >= 4 is 57.2 Å². The molecule has 0 atom stereocenters. The van der Waals surface area contributed by atoms with E-state index in [1.807, 2.05) is 29.0 Å². The first kappa shape index (κ1) is 22.4. The molecule has 0 unspecified atom stereocenters. The van der Waals surface area contributed by atoms with Crippen LogP contribution in [0.25, 0.3) is 17.0 Å². The van der Waals surface area contributed by atoms with Crippen LogP contribution in [0.15, 0.2) is 77.8 Å². The number of thioether (sulfide) groups is 1. The van der Waals surface area contributed by atoms with E-state index in [4.69, 9.17) is 11.6 Å². The van der Waals surface area contributed by atoms with Crippen LogP contribution in [-0.4, -0.2) is 15.7 Å². The molecule has 7 heteroatoms. The molecule has 1 saturated heterocycles. The van der Waals surface area contributed by atoms with Gasteiger partial charge in [-0.05, 0) is 60.2 Å². The van der Waals surface area contributed by atoms with Crippen molar-refractivity contribution in [3.63, 3.8) is 0 Å². The van der Waals surface area contributed by atoms with Gasteiger partial charge in [0.15, 0.2) is 0 Å². The van der Waals surface area contributed by atoms with Crippen molar-refractivity contribution in [3.05, 3.63) is 105 Å². The van der Waals surface area contributed by atoms with Crippen molar-refractivity contribution in [1.29, 1.82) is 0 Å². The number of hydrogen-bond donors (Lipinski definition) is 0. The molecule has 5 rings (SSSR count). The Kier molecular flexibility index (Phi) is 6.02. The maximum atomic E-state index is 14.4. The summed E-state index contributed by atoms with van der Waals surface area (Å²) >= 11 is 6.85. The van der Waals surface area contributed by atoms with E-state index in [1.165, 1.54) is 6.07 Å².